The van der Waals surface area contributed by atoms with E-state index in [4.69, 9.17) is 16.3 Å². The Hall–Kier alpha value is -2.40. The summed E-state index contributed by atoms with van der Waals surface area (Å²) in [5, 5.41) is 3.13. The maximum absolute atomic E-state index is 13.7. The molecule has 126 valence electrons. The summed E-state index contributed by atoms with van der Waals surface area (Å²) in [6.07, 6.45) is 2.85. The zero-order chi connectivity index (χ0) is 17.7. The van der Waals surface area contributed by atoms with Crippen LogP contribution in [0.2, 0.25) is 5.02 Å². The topological polar surface area (TPSA) is 38.3 Å². The Kier molecular flexibility index (Phi) is 5.93. The van der Waals surface area contributed by atoms with E-state index in [0.29, 0.717) is 16.3 Å². The van der Waals surface area contributed by atoms with E-state index in [1.54, 1.807) is 31.2 Å². The molecule has 3 nitrogen and oxygen atoms in total. The Morgan fingerprint density at radius 2 is 2.00 bits per heavy atom. The monoisotopic (exact) mass is 351 g/mol. The van der Waals surface area contributed by atoms with Gasteiger partial charge in [0.15, 0.2) is 0 Å². The van der Waals surface area contributed by atoms with Gasteiger partial charge in [-0.05, 0) is 37.3 Å². The molecule has 2 aromatic carbocycles. The third-order valence-corrected chi connectivity index (χ3v) is 3.63. The molecule has 2 aromatic rings. The van der Waals surface area contributed by atoms with E-state index >= 15 is 0 Å². The Labute approximate surface area is 143 Å². The molecule has 2 rings (SSSR count). The van der Waals surface area contributed by atoms with Crippen molar-refractivity contribution < 1.29 is 18.3 Å². The SMILES string of the molecule is COc1ccc(Cl)cc1/C=C/C(=O)NC(C)c1ccc(F)cc1F. The first-order valence-corrected chi connectivity index (χ1v) is 7.55. The van der Waals surface area contributed by atoms with Gasteiger partial charge in [-0.25, -0.2) is 8.78 Å². The van der Waals surface area contributed by atoms with E-state index in [0.717, 1.165) is 12.1 Å². The van der Waals surface area contributed by atoms with Gasteiger partial charge in [0.1, 0.15) is 17.4 Å². The van der Waals surface area contributed by atoms with Crippen LogP contribution in [-0.2, 0) is 4.79 Å². The highest BCUT2D eigenvalue weighted by atomic mass is 35.5. The molecule has 1 unspecified atom stereocenters. The minimum atomic E-state index is -0.705. The molecule has 0 bridgehead atoms. The molecule has 1 atom stereocenters. The van der Waals surface area contributed by atoms with Gasteiger partial charge < -0.3 is 10.1 Å². The second kappa shape index (κ2) is 7.93. The lowest BCUT2D eigenvalue weighted by molar-refractivity contribution is -0.117. The number of nitrogens with one attached hydrogen (secondary N) is 1. The van der Waals surface area contributed by atoms with Crippen LogP contribution in [0.25, 0.3) is 6.08 Å². The molecule has 0 spiro atoms. The molecule has 0 saturated heterocycles. The van der Waals surface area contributed by atoms with Crippen molar-refractivity contribution in [2.45, 2.75) is 13.0 Å². The third kappa shape index (κ3) is 4.55. The van der Waals surface area contributed by atoms with Gasteiger partial charge in [0, 0.05) is 28.3 Å². The second-order valence-electron chi connectivity index (χ2n) is 5.12. The summed E-state index contributed by atoms with van der Waals surface area (Å²) in [4.78, 5) is 12.0. The van der Waals surface area contributed by atoms with E-state index < -0.39 is 23.6 Å². The van der Waals surface area contributed by atoms with Gasteiger partial charge in [0.2, 0.25) is 5.91 Å². The van der Waals surface area contributed by atoms with Crippen LogP contribution in [0.1, 0.15) is 24.1 Å². The van der Waals surface area contributed by atoms with Crippen molar-refractivity contribution in [1.82, 2.24) is 5.32 Å². The third-order valence-electron chi connectivity index (χ3n) is 3.39. The second-order valence-corrected chi connectivity index (χ2v) is 5.55. The van der Waals surface area contributed by atoms with Crippen LogP contribution in [-0.4, -0.2) is 13.0 Å². The van der Waals surface area contributed by atoms with Crippen molar-refractivity contribution in [3.8, 4) is 5.75 Å². The Balaban J connectivity index is 2.09. The number of carbonyl (C=O) groups is 1. The first-order valence-electron chi connectivity index (χ1n) is 7.17. The summed E-state index contributed by atoms with van der Waals surface area (Å²) in [6, 6.07) is 7.66. The number of hydrogen-bond donors (Lipinski definition) is 1. The van der Waals surface area contributed by atoms with Crippen molar-refractivity contribution in [2.75, 3.05) is 7.11 Å². The summed E-state index contributed by atoms with van der Waals surface area (Å²) < 4.78 is 31.8. The lowest BCUT2D eigenvalue weighted by atomic mass is 10.1. The molecule has 24 heavy (non-hydrogen) atoms. The van der Waals surface area contributed by atoms with Gasteiger partial charge >= 0.3 is 0 Å². The van der Waals surface area contributed by atoms with Gasteiger partial charge in [-0.1, -0.05) is 17.7 Å². The largest absolute Gasteiger partial charge is 0.496 e. The Morgan fingerprint density at radius 3 is 2.67 bits per heavy atom. The number of amides is 1. The first-order chi connectivity index (χ1) is 11.4. The number of carbonyl (C=O) groups excluding carboxylic acids is 1. The van der Waals surface area contributed by atoms with Crippen molar-refractivity contribution in [3.05, 3.63) is 70.3 Å². The van der Waals surface area contributed by atoms with Gasteiger partial charge in [-0.3, -0.25) is 4.79 Å². The van der Waals surface area contributed by atoms with Crippen molar-refractivity contribution >= 4 is 23.6 Å². The molecular weight excluding hydrogens is 336 g/mol. The summed E-state index contributed by atoms with van der Waals surface area (Å²) >= 11 is 5.92. The molecule has 0 aliphatic rings. The number of methoxy groups -OCH3 is 1. The lowest BCUT2D eigenvalue weighted by Gasteiger charge is -2.14. The molecule has 1 amide bonds. The van der Waals surface area contributed by atoms with E-state index in [1.807, 2.05) is 0 Å². The zero-order valence-electron chi connectivity index (χ0n) is 13.1. The van der Waals surface area contributed by atoms with Gasteiger partial charge in [-0.2, -0.15) is 0 Å². The molecule has 6 heteroatoms. The number of hydrogen-bond acceptors (Lipinski definition) is 2. The molecule has 0 heterocycles. The standard InChI is InChI=1S/C18H16ClF2NO2/c1-11(15-6-5-14(20)10-16(15)21)22-18(23)8-3-12-9-13(19)4-7-17(12)24-2/h3-11H,1-2H3,(H,22,23)/b8-3+. The smallest absolute Gasteiger partial charge is 0.244 e. The van der Waals surface area contributed by atoms with E-state index in [9.17, 15) is 13.6 Å². The number of benzene rings is 2. The first kappa shape index (κ1) is 17.9. The molecule has 0 aliphatic carbocycles. The average molecular weight is 352 g/mol. The average Bonchev–Trinajstić information content (AvgIpc) is 2.52. The number of halogens is 3. The highest BCUT2D eigenvalue weighted by Crippen LogP contribution is 2.24. The quantitative estimate of drug-likeness (QED) is 0.804. The number of ether oxygens (including phenoxy) is 1. The fraction of sp³-hybridized carbons (Fsp3) is 0.167. The normalized spacial score (nSPS) is 12.2. The predicted octanol–water partition coefficient (Wildman–Crippen LogP) is 4.52. The van der Waals surface area contributed by atoms with Crippen molar-refractivity contribution in [3.63, 3.8) is 0 Å². The van der Waals surface area contributed by atoms with Gasteiger partial charge in [0.25, 0.3) is 0 Å². The predicted molar refractivity (Wildman–Crippen MR) is 90.0 cm³/mol. The number of rotatable bonds is 5. The van der Waals surface area contributed by atoms with Gasteiger partial charge in [0.05, 0.1) is 13.2 Å². The van der Waals surface area contributed by atoms with E-state index in [2.05, 4.69) is 5.32 Å². The molecular formula is C18H16ClF2NO2. The van der Waals surface area contributed by atoms with Crippen LogP contribution in [0.4, 0.5) is 8.78 Å². The molecule has 0 fully saturated rings. The fourth-order valence-electron chi connectivity index (χ4n) is 2.19. The maximum Gasteiger partial charge on any atom is 0.244 e. The summed E-state index contributed by atoms with van der Waals surface area (Å²) in [7, 11) is 1.51. The fourth-order valence-corrected chi connectivity index (χ4v) is 2.37. The maximum atomic E-state index is 13.7. The van der Waals surface area contributed by atoms with Crippen LogP contribution in [0.15, 0.2) is 42.5 Å². The highest BCUT2D eigenvalue weighted by Gasteiger charge is 2.13. The Bertz CT molecular complexity index is 778. The van der Waals surface area contributed by atoms with Crippen LogP contribution in [0, 0.1) is 11.6 Å². The van der Waals surface area contributed by atoms with Crippen LogP contribution < -0.4 is 10.1 Å². The molecule has 0 saturated carbocycles. The molecule has 0 aromatic heterocycles. The van der Waals surface area contributed by atoms with Gasteiger partial charge in [-0.15, -0.1) is 0 Å². The summed E-state index contributed by atoms with van der Waals surface area (Å²) in [5.41, 5.74) is 0.847. The minimum Gasteiger partial charge on any atom is -0.496 e. The summed E-state index contributed by atoms with van der Waals surface area (Å²) in [5.74, 6) is -1.22. The van der Waals surface area contributed by atoms with Crippen molar-refractivity contribution in [1.29, 1.82) is 0 Å². The lowest BCUT2D eigenvalue weighted by Crippen LogP contribution is -2.25. The molecule has 0 aliphatic heterocycles. The van der Waals surface area contributed by atoms with Crippen molar-refractivity contribution in [2.24, 2.45) is 0 Å². The zero-order valence-corrected chi connectivity index (χ0v) is 13.9. The van der Waals surface area contributed by atoms with Crippen LogP contribution >= 0.6 is 11.6 Å². The van der Waals surface area contributed by atoms with E-state index in [-0.39, 0.29) is 5.56 Å². The van der Waals surface area contributed by atoms with Crippen LogP contribution in [0.5, 0.6) is 5.75 Å². The highest BCUT2D eigenvalue weighted by molar-refractivity contribution is 6.30. The minimum absolute atomic E-state index is 0.207. The molecule has 1 N–H and O–H groups in total. The summed E-state index contributed by atoms with van der Waals surface area (Å²) in [6.45, 7) is 1.61. The Morgan fingerprint density at radius 1 is 1.25 bits per heavy atom. The van der Waals surface area contributed by atoms with Crippen LogP contribution in [0.3, 0.4) is 0 Å². The molecule has 0 radical (unpaired) electrons. The van der Waals surface area contributed by atoms with E-state index in [1.165, 1.54) is 19.3 Å².